The molecule has 9 nitrogen and oxygen atoms in total. The predicted molar refractivity (Wildman–Crippen MR) is 123 cm³/mol. The van der Waals surface area contributed by atoms with Gasteiger partial charge in [0.15, 0.2) is 0 Å². The van der Waals surface area contributed by atoms with Crippen LogP contribution in [0, 0.1) is 6.92 Å². The zero-order valence-electron chi connectivity index (χ0n) is 21.1. The minimum Gasteiger partial charge on any atom is -0.475 e. The number of pyridine rings is 1. The third-order valence-electron chi connectivity index (χ3n) is 5.95. The maximum absolute atomic E-state index is 10.6. The third-order valence-corrected chi connectivity index (χ3v) is 5.95. The Labute approximate surface area is 220 Å². The number of nitrogens with zero attached hydrogens (tertiary/aromatic N) is 3. The van der Waals surface area contributed by atoms with Gasteiger partial charge in [-0.25, -0.2) is 9.59 Å². The summed E-state index contributed by atoms with van der Waals surface area (Å²) in [5, 5.41) is 14.2. The van der Waals surface area contributed by atoms with E-state index in [1.165, 1.54) is 6.42 Å². The van der Waals surface area contributed by atoms with Gasteiger partial charge in [-0.2, -0.15) is 26.3 Å². The van der Waals surface area contributed by atoms with Gasteiger partial charge in [-0.05, 0) is 51.1 Å². The van der Waals surface area contributed by atoms with Gasteiger partial charge in [0.2, 0.25) is 0 Å². The fourth-order valence-electron chi connectivity index (χ4n) is 4.26. The smallest absolute Gasteiger partial charge is 0.475 e. The van der Waals surface area contributed by atoms with Crippen LogP contribution in [0.25, 0.3) is 0 Å². The zero-order valence-corrected chi connectivity index (χ0v) is 21.1. The molecule has 2 aromatic heterocycles. The summed E-state index contributed by atoms with van der Waals surface area (Å²) >= 11 is 0. The van der Waals surface area contributed by atoms with Gasteiger partial charge in [0.1, 0.15) is 5.76 Å². The van der Waals surface area contributed by atoms with Crippen molar-refractivity contribution in [3.8, 4) is 0 Å². The van der Waals surface area contributed by atoms with Crippen LogP contribution >= 0.6 is 0 Å². The SMILES string of the molecule is Cc1cccc(CN2C[C@@H](N(C)Cc3ccco3)[C@H]3OCCC[C@H]32)n1.O=C(O)C(F)(F)F.O=C(O)C(F)(F)F. The average molecular weight is 569 g/mol. The summed E-state index contributed by atoms with van der Waals surface area (Å²) in [5.74, 6) is -4.51. The van der Waals surface area contributed by atoms with Crippen molar-refractivity contribution in [2.24, 2.45) is 0 Å². The number of hydrogen-bond donors (Lipinski definition) is 2. The van der Waals surface area contributed by atoms with Crippen LogP contribution in [0.4, 0.5) is 26.3 Å². The fourth-order valence-corrected chi connectivity index (χ4v) is 4.26. The molecular formula is C24H29F6N3O6. The molecule has 0 unspecified atom stereocenters. The number of ether oxygens (including phenoxy) is 1. The maximum Gasteiger partial charge on any atom is 0.490 e. The standard InChI is InChI=1S/C20H27N3O2.2C2HF3O2/c1-15-6-3-7-16(21-15)12-23-14-19(20-18(23)9-5-11-25-20)22(2)13-17-8-4-10-24-17;2*3-2(4,5)1(6)7/h3-4,6-8,10,18-20H,5,9,11-14H2,1-2H3;2*(H,6,7)/t18-,19-,20+;;/m1../s1. The molecule has 218 valence electrons. The predicted octanol–water partition coefficient (Wildman–Crippen LogP) is 4.11. The van der Waals surface area contributed by atoms with Crippen LogP contribution in [-0.2, 0) is 27.4 Å². The molecule has 0 spiro atoms. The van der Waals surface area contributed by atoms with Crippen LogP contribution in [0.1, 0.15) is 30.0 Å². The number of aliphatic carboxylic acids is 2. The molecule has 0 amide bonds. The van der Waals surface area contributed by atoms with Crippen molar-refractivity contribution < 1.29 is 55.3 Å². The van der Waals surface area contributed by atoms with Crippen LogP contribution in [0.5, 0.6) is 0 Å². The van der Waals surface area contributed by atoms with Gasteiger partial charge in [0.05, 0.1) is 30.6 Å². The van der Waals surface area contributed by atoms with Crippen molar-refractivity contribution in [1.82, 2.24) is 14.8 Å². The summed E-state index contributed by atoms with van der Waals surface area (Å²) in [6.07, 6.45) is -5.79. The van der Waals surface area contributed by atoms with Crippen LogP contribution < -0.4 is 0 Å². The summed E-state index contributed by atoms with van der Waals surface area (Å²) in [4.78, 5) is 27.4. The van der Waals surface area contributed by atoms with Gasteiger partial charge in [0.25, 0.3) is 0 Å². The molecule has 0 radical (unpaired) electrons. The average Bonchev–Trinajstić information content (AvgIpc) is 3.47. The van der Waals surface area contributed by atoms with Crippen molar-refractivity contribution in [3.05, 3.63) is 53.7 Å². The van der Waals surface area contributed by atoms with E-state index in [0.29, 0.717) is 12.1 Å². The molecule has 4 heterocycles. The minimum absolute atomic E-state index is 0.276. The molecule has 2 aromatic rings. The molecule has 15 heteroatoms. The maximum atomic E-state index is 10.6. The molecule has 2 saturated heterocycles. The second-order valence-corrected chi connectivity index (χ2v) is 8.91. The highest BCUT2D eigenvalue weighted by molar-refractivity contribution is 5.73. The number of fused-ring (bicyclic) bond motifs is 1. The first-order valence-corrected chi connectivity index (χ1v) is 11.7. The third kappa shape index (κ3) is 10.1. The number of carboxylic acids is 2. The Morgan fingerprint density at radius 1 is 1.08 bits per heavy atom. The Bertz CT molecular complexity index is 1040. The molecule has 2 fully saturated rings. The van der Waals surface area contributed by atoms with E-state index in [4.69, 9.17) is 33.9 Å². The number of alkyl halides is 6. The van der Waals surface area contributed by atoms with E-state index < -0.39 is 24.3 Å². The first kappa shape index (κ1) is 32.0. The number of likely N-dealkylation sites (tertiary alicyclic amines) is 1. The number of carbonyl (C=O) groups is 2. The Balaban J connectivity index is 0.000000317. The summed E-state index contributed by atoms with van der Waals surface area (Å²) < 4.78 is 75.2. The lowest BCUT2D eigenvalue weighted by Gasteiger charge is -2.34. The number of likely N-dealkylation sites (N-methyl/N-ethyl adjacent to an activating group) is 1. The highest BCUT2D eigenvalue weighted by Crippen LogP contribution is 2.32. The van der Waals surface area contributed by atoms with Crippen LogP contribution in [0.15, 0.2) is 41.0 Å². The van der Waals surface area contributed by atoms with E-state index in [1.54, 1.807) is 6.26 Å². The second-order valence-electron chi connectivity index (χ2n) is 8.91. The summed E-state index contributed by atoms with van der Waals surface area (Å²) in [6, 6.07) is 11.2. The molecule has 3 atom stereocenters. The molecule has 2 N–H and O–H groups in total. The van der Waals surface area contributed by atoms with E-state index in [2.05, 4.69) is 42.0 Å². The minimum atomic E-state index is -5.08. The van der Waals surface area contributed by atoms with Gasteiger partial charge in [-0.15, -0.1) is 0 Å². The number of furan rings is 1. The van der Waals surface area contributed by atoms with Gasteiger partial charge in [0, 0.05) is 31.4 Å². The number of aryl methyl sites for hydroxylation is 1. The molecule has 2 aliphatic heterocycles. The van der Waals surface area contributed by atoms with Gasteiger partial charge in [-0.3, -0.25) is 14.8 Å². The number of aromatic nitrogens is 1. The Kier molecular flexibility index (Phi) is 11.3. The first-order valence-electron chi connectivity index (χ1n) is 11.7. The lowest BCUT2D eigenvalue weighted by Crippen LogP contribution is -2.46. The van der Waals surface area contributed by atoms with Crippen molar-refractivity contribution in [2.75, 3.05) is 20.2 Å². The molecule has 0 aliphatic carbocycles. The topological polar surface area (TPSA) is 116 Å². The van der Waals surface area contributed by atoms with Gasteiger partial charge >= 0.3 is 24.3 Å². The Morgan fingerprint density at radius 3 is 2.21 bits per heavy atom. The summed E-state index contributed by atoms with van der Waals surface area (Å²) in [7, 11) is 2.18. The number of hydrogen-bond acceptors (Lipinski definition) is 7. The van der Waals surface area contributed by atoms with Gasteiger partial charge in [-0.1, -0.05) is 6.07 Å². The summed E-state index contributed by atoms with van der Waals surface area (Å²) in [5.41, 5.74) is 2.23. The van der Waals surface area contributed by atoms with Crippen LogP contribution in [-0.4, -0.2) is 87.7 Å². The highest BCUT2D eigenvalue weighted by atomic mass is 19.4. The van der Waals surface area contributed by atoms with Crippen LogP contribution in [0.2, 0.25) is 0 Å². The lowest BCUT2D eigenvalue weighted by molar-refractivity contribution is -0.193. The zero-order chi connectivity index (χ0) is 29.4. The van der Waals surface area contributed by atoms with Crippen molar-refractivity contribution in [3.63, 3.8) is 0 Å². The van der Waals surface area contributed by atoms with E-state index in [-0.39, 0.29) is 6.10 Å². The van der Waals surface area contributed by atoms with E-state index in [1.807, 2.05) is 12.1 Å². The Morgan fingerprint density at radius 2 is 1.69 bits per heavy atom. The number of halogens is 6. The van der Waals surface area contributed by atoms with Crippen LogP contribution in [0.3, 0.4) is 0 Å². The monoisotopic (exact) mass is 569 g/mol. The van der Waals surface area contributed by atoms with Gasteiger partial charge < -0.3 is 19.4 Å². The van der Waals surface area contributed by atoms with E-state index >= 15 is 0 Å². The van der Waals surface area contributed by atoms with E-state index in [0.717, 1.165) is 49.8 Å². The van der Waals surface area contributed by atoms with Crippen molar-refractivity contribution in [1.29, 1.82) is 0 Å². The molecule has 0 saturated carbocycles. The largest absolute Gasteiger partial charge is 0.490 e. The second kappa shape index (κ2) is 13.8. The van der Waals surface area contributed by atoms with Crippen molar-refractivity contribution in [2.45, 2.75) is 63.4 Å². The number of carboxylic acid groups (broad SMARTS) is 2. The molecule has 0 aromatic carbocycles. The Hall–Kier alpha value is -3.17. The normalized spacial score (nSPS) is 21.3. The molecule has 39 heavy (non-hydrogen) atoms. The van der Waals surface area contributed by atoms with E-state index in [9.17, 15) is 26.3 Å². The molecule has 2 aliphatic rings. The fraction of sp³-hybridized carbons (Fsp3) is 0.542. The quantitative estimate of drug-likeness (QED) is 0.513. The highest BCUT2D eigenvalue weighted by Gasteiger charge is 2.45. The molecule has 0 bridgehead atoms. The number of rotatable bonds is 5. The first-order chi connectivity index (χ1) is 18.1. The lowest BCUT2D eigenvalue weighted by atomic mass is 10.00. The summed E-state index contributed by atoms with van der Waals surface area (Å²) in [6.45, 7) is 5.67. The van der Waals surface area contributed by atoms with Crippen molar-refractivity contribution >= 4 is 11.9 Å². The molecular weight excluding hydrogens is 540 g/mol. The molecule has 4 rings (SSSR count).